The minimum atomic E-state index is -4.77. The number of carbonyl (C=O) groups is 1. The molecule has 1 aliphatic rings. The molecule has 1 aliphatic heterocycles. The number of hydrogen-bond acceptors (Lipinski definition) is 3. The molecule has 1 aromatic carbocycles. The van der Waals surface area contributed by atoms with Crippen LogP contribution in [0, 0.1) is 5.82 Å². The highest BCUT2D eigenvalue weighted by Crippen LogP contribution is 2.32. The van der Waals surface area contributed by atoms with E-state index in [-0.39, 0.29) is 18.7 Å². The number of alkyl halides is 3. The van der Waals surface area contributed by atoms with Crippen LogP contribution in [0.3, 0.4) is 0 Å². The molecule has 1 heterocycles. The zero-order chi connectivity index (χ0) is 14.9. The quantitative estimate of drug-likeness (QED) is 0.724. The van der Waals surface area contributed by atoms with Gasteiger partial charge in [-0.15, -0.1) is 0 Å². The number of β-amino-alcohol motifs (C(OH)–C–C–N with tert-alkyl or cyclic N) is 1. The van der Waals surface area contributed by atoms with E-state index in [0.717, 1.165) is 6.07 Å². The molecule has 2 atom stereocenters. The molecule has 3 N–H and O–H groups in total. The highest BCUT2D eigenvalue weighted by molar-refractivity contribution is 5.95. The van der Waals surface area contributed by atoms with E-state index in [9.17, 15) is 27.5 Å². The molecule has 0 bridgehead atoms. The van der Waals surface area contributed by atoms with Gasteiger partial charge in [-0.05, 0) is 24.6 Å². The topological polar surface area (TPSA) is 61.4 Å². The lowest BCUT2D eigenvalue weighted by Crippen LogP contribution is -2.35. The zero-order valence-corrected chi connectivity index (χ0v) is 10.2. The van der Waals surface area contributed by atoms with Crippen LogP contribution in [0.25, 0.3) is 0 Å². The molecule has 8 heteroatoms. The van der Waals surface area contributed by atoms with Gasteiger partial charge in [0.15, 0.2) is 0 Å². The van der Waals surface area contributed by atoms with Crippen molar-refractivity contribution < 1.29 is 27.5 Å². The maximum absolute atomic E-state index is 13.3. The largest absolute Gasteiger partial charge is 0.419 e. The van der Waals surface area contributed by atoms with Gasteiger partial charge >= 0.3 is 6.18 Å². The van der Waals surface area contributed by atoms with Crippen LogP contribution in [0.15, 0.2) is 18.2 Å². The van der Waals surface area contributed by atoms with E-state index in [4.69, 9.17) is 0 Å². The fraction of sp³-hybridized carbons (Fsp3) is 0.417. The van der Waals surface area contributed by atoms with Gasteiger partial charge < -0.3 is 15.7 Å². The van der Waals surface area contributed by atoms with Gasteiger partial charge in [0.25, 0.3) is 0 Å². The van der Waals surface area contributed by atoms with Crippen LogP contribution in [-0.2, 0) is 11.0 Å². The number of anilines is 1. The van der Waals surface area contributed by atoms with Crippen molar-refractivity contribution in [2.45, 2.75) is 24.7 Å². The Morgan fingerprint density at radius 1 is 1.40 bits per heavy atom. The zero-order valence-electron chi connectivity index (χ0n) is 10.2. The lowest BCUT2D eigenvalue weighted by atomic mass is 10.1. The Morgan fingerprint density at radius 3 is 2.60 bits per heavy atom. The predicted molar refractivity (Wildman–Crippen MR) is 62.4 cm³/mol. The molecular formula is C12H12F4N2O2. The summed E-state index contributed by atoms with van der Waals surface area (Å²) in [6.07, 6.45) is -5.21. The summed E-state index contributed by atoms with van der Waals surface area (Å²) in [5, 5.41) is 14.3. The third-order valence-corrected chi connectivity index (χ3v) is 2.97. The Kier molecular flexibility index (Phi) is 3.96. The number of hydrogen-bond donors (Lipinski definition) is 3. The molecular weight excluding hydrogens is 280 g/mol. The molecule has 0 unspecified atom stereocenters. The molecule has 2 rings (SSSR count). The van der Waals surface area contributed by atoms with Gasteiger partial charge in [0.2, 0.25) is 5.91 Å². The van der Waals surface area contributed by atoms with E-state index < -0.39 is 35.6 Å². The summed E-state index contributed by atoms with van der Waals surface area (Å²) in [4.78, 5) is 11.7. The van der Waals surface area contributed by atoms with Crippen LogP contribution in [-0.4, -0.2) is 29.7 Å². The van der Waals surface area contributed by atoms with Crippen molar-refractivity contribution in [1.29, 1.82) is 0 Å². The minimum absolute atomic E-state index is 0.0660. The fourth-order valence-corrected chi connectivity index (χ4v) is 1.97. The summed E-state index contributed by atoms with van der Waals surface area (Å²) in [5.41, 5.74) is -1.45. The van der Waals surface area contributed by atoms with Gasteiger partial charge in [-0.2, -0.15) is 13.2 Å². The monoisotopic (exact) mass is 292 g/mol. The van der Waals surface area contributed by atoms with Crippen LogP contribution >= 0.6 is 0 Å². The summed E-state index contributed by atoms with van der Waals surface area (Å²) in [5.74, 6) is -1.98. The molecule has 0 aromatic heterocycles. The van der Waals surface area contributed by atoms with E-state index in [2.05, 4.69) is 10.6 Å². The van der Waals surface area contributed by atoms with E-state index in [1.54, 1.807) is 0 Å². The van der Waals surface area contributed by atoms with Crippen LogP contribution in [0.4, 0.5) is 23.2 Å². The number of aliphatic hydroxyl groups excluding tert-OH is 1. The molecule has 1 fully saturated rings. The molecule has 110 valence electrons. The Balaban J connectivity index is 2.07. The average Bonchev–Trinajstić information content (AvgIpc) is 2.74. The fourth-order valence-electron chi connectivity index (χ4n) is 1.97. The van der Waals surface area contributed by atoms with Gasteiger partial charge in [-0.1, -0.05) is 0 Å². The number of aliphatic hydroxyl groups is 1. The third kappa shape index (κ3) is 3.26. The highest BCUT2D eigenvalue weighted by atomic mass is 19.4. The second-order valence-corrected chi connectivity index (χ2v) is 4.53. The first-order chi connectivity index (χ1) is 9.27. The normalized spacial score (nSPS) is 22.9. The minimum Gasteiger partial charge on any atom is -0.392 e. The van der Waals surface area contributed by atoms with Gasteiger partial charge in [-0.3, -0.25) is 4.79 Å². The van der Waals surface area contributed by atoms with Crippen LogP contribution in [0.2, 0.25) is 0 Å². The van der Waals surface area contributed by atoms with Gasteiger partial charge in [0.05, 0.1) is 17.7 Å². The van der Waals surface area contributed by atoms with Crippen molar-refractivity contribution in [2.24, 2.45) is 0 Å². The molecule has 0 spiro atoms. The molecule has 0 aliphatic carbocycles. The molecule has 1 saturated heterocycles. The van der Waals surface area contributed by atoms with Crippen molar-refractivity contribution in [3.8, 4) is 0 Å². The number of amides is 1. The second-order valence-electron chi connectivity index (χ2n) is 4.53. The lowest BCUT2D eigenvalue weighted by Gasteiger charge is -2.13. The van der Waals surface area contributed by atoms with Crippen molar-refractivity contribution in [1.82, 2.24) is 5.32 Å². The summed E-state index contributed by atoms with van der Waals surface area (Å²) in [6.45, 7) is 0.263. The maximum atomic E-state index is 13.3. The van der Waals surface area contributed by atoms with Crippen LogP contribution in [0.5, 0.6) is 0 Å². The average molecular weight is 292 g/mol. The Bertz CT molecular complexity index is 519. The summed E-state index contributed by atoms with van der Waals surface area (Å²) < 4.78 is 50.4. The van der Waals surface area contributed by atoms with E-state index in [1.807, 2.05) is 0 Å². The Labute approximate surface area is 111 Å². The number of carbonyl (C=O) groups excluding carboxylic acids is 1. The van der Waals surface area contributed by atoms with E-state index in [0.29, 0.717) is 12.1 Å². The standard InChI is InChI=1S/C12H12F4N2O2/c13-9-3-6(1-2-8(9)12(14,15)16)18-11(20)10-4-7(19)5-17-10/h1-3,7,10,17,19H,4-5H2,(H,18,20)/t7-,10-/m0/s1. The van der Waals surface area contributed by atoms with Gasteiger partial charge in [0, 0.05) is 12.2 Å². The first kappa shape index (κ1) is 14.7. The predicted octanol–water partition coefficient (Wildman–Crippen LogP) is 1.51. The smallest absolute Gasteiger partial charge is 0.392 e. The number of halogens is 4. The number of rotatable bonds is 2. The van der Waals surface area contributed by atoms with Crippen molar-refractivity contribution in [2.75, 3.05) is 11.9 Å². The second kappa shape index (κ2) is 5.37. The van der Waals surface area contributed by atoms with Gasteiger partial charge in [0.1, 0.15) is 5.82 Å². The first-order valence-electron chi connectivity index (χ1n) is 5.86. The summed E-state index contributed by atoms with van der Waals surface area (Å²) >= 11 is 0. The van der Waals surface area contributed by atoms with Crippen LogP contribution < -0.4 is 10.6 Å². The van der Waals surface area contributed by atoms with Crippen LogP contribution in [0.1, 0.15) is 12.0 Å². The molecule has 0 saturated carbocycles. The molecule has 20 heavy (non-hydrogen) atoms. The number of nitrogens with one attached hydrogen (secondary N) is 2. The Morgan fingerprint density at radius 2 is 2.10 bits per heavy atom. The summed E-state index contributed by atoms with van der Waals surface area (Å²) in [6, 6.07) is 1.53. The van der Waals surface area contributed by atoms with Crippen molar-refractivity contribution in [3.63, 3.8) is 0 Å². The molecule has 1 amide bonds. The Hall–Kier alpha value is -1.67. The number of benzene rings is 1. The molecule has 0 radical (unpaired) electrons. The van der Waals surface area contributed by atoms with Crippen molar-refractivity contribution >= 4 is 11.6 Å². The van der Waals surface area contributed by atoms with E-state index >= 15 is 0 Å². The molecule has 1 aromatic rings. The highest BCUT2D eigenvalue weighted by Gasteiger charge is 2.34. The maximum Gasteiger partial charge on any atom is 0.419 e. The first-order valence-corrected chi connectivity index (χ1v) is 5.86. The van der Waals surface area contributed by atoms with Crippen molar-refractivity contribution in [3.05, 3.63) is 29.6 Å². The SMILES string of the molecule is O=C(Nc1ccc(C(F)(F)F)c(F)c1)[C@@H]1C[C@H](O)CN1. The van der Waals surface area contributed by atoms with Gasteiger partial charge in [-0.25, -0.2) is 4.39 Å². The lowest BCUT2D eigenvalue weighted by molar-refractivity contribution is -0.139. The third-order valence-electron chi connectivity index (χ3n) is 2.97. The van der Waals surface area contributed by atoms with E-state index in [1.165, 1.54) is 0 Å². The molecule has 4 nitrogen and oxygen atoms in total. The summed E-state index contributed by atoms with van der Waals surface area (Å²) in [7, 11) is 0.